The predicted octanol–water partition coefficient (Wildman–Crippen LogP) is 2.92. The van der Waals surface area contributed by atoms with Crippen molar-refractivity contribution in [3.05, 3.63) is 42.0 Å². The van der Waals surface area contributed by atoms with Gasteiger partial charge in [0.1, 0.15) is 0 Å². The molecule has 86 valence electrons. The van der Waals surface area contributed by atoms with E-state index in [1.807, 2.05) is 18.2 Å². The Morgan fingerprint density at radius 2 is 2.31 bits per heavy atom. The molecule has 0 bridgehead atoms. The highest BCUT2D eigenvalue weighted by Crippen LogP contribution is 2.09. The van der Waals surface area contributed by atoms with Crippen LogP contribution in [0.4, 0.5) is 0 Å². The van der Waals surface area contributed by atoms with E-state index in [0.29, 0.717) is 21.9 Å². The molecule has 0 aliphatic heterocycles. The Kier molecular flexibility index (Phi) is 6.07. The predicted molar refractivity (Wildman–Crippen MR) is 68.4 cm³/mol. The van der Waals surface area contributed by atoms with Crippen molar-refractivity contribution in [3.63, 3.8) is 0 Å². The molecule has 0 fully saturated rings. The van der Waals surface area contributed by atoms with Crippen molar-refractivity contribution in [1.29, 1.82) is 0 Å². The molecule has 0 aliphatic carbocycles. The minimum atomic E-state index is 0.465. The van der Waals surface area contributed by atoms with Gasteiger partial charge in [0.05, 0.1) is 6.61 Å². The summed E-state index contributed by atoms with van der Waals surface area (Å²) in [6.45, 7) is 7.29. The molecule has 1 unspecified atom stereocenters. The maximum atomic E-state index is 5.65. The molecule has 3 heteroatoms. The van der Waals surface area contributed by atoms with E-state index in [0.717, 1.165) is 12.2 Å². The quantitative estimate of drug-likeness (QED) is 0.675. The van der Waals surface area contributed by atoms with Gasteiger partial charge >= 0.3 is 0 Å². The zero-order chi connectivity index (χ0) is 11.8. The molecule has 0 saturated carbocycles. The molecule has 1 rings (SSSR count). The molecular weight excluding hydrogens is 216 g/mol. The number of hydrogen-bond donors (Lipinski definition) is 0. The van der Waals surface area contributed by atoms with Crippen molar-refractivity contribution in [3.8, 4) is 0 Å². The van der Waals surface area contributed by atoms with E-state index in [4.69, 9.17) is 9.16 Å². The average Bonchev–Trinajstić information content (AvgIpc) is 2.30. The van der Waals surface area contributed by atoms with Gasteiger partial charge in [-0.05, 0) is 22.7 Å². The second-order valence-corrected chi connectivity index (χ2v) is 5.22. The highest BCUT2D eigenvalue weighted by molar-refractivity contribution is 6.29. The van der Waals surface area contributed by atoms with Crippen molar-refractivity contribution in [1.82, 2.24) is 0 Å². The van der Waals surface area contributed by atoms with E-state index in [-0.39, 0.29) is 0 Å². The van der Waals surface area contributed by atoms with Gasteiger partial charge in [-0.3, -0.25) is 0 Å². The lowest BCUT2D eigenvalue weighted by molar-refractivity contribution is 0.191. The van der Waals surface area contributed by atoms with Crippen LogP contribution in [0.2, 0.25) is 5.54 Å². The summed E-state index contributed by atoms with van der Waals surface area (Å²) < 4.78 is 10.7. The maximum Gasteiger partial charge on any atom is 0.235 e. The minimum absolute atomic E-state index is 0.465. The van der Waals surface area contributed by atoms with Crippen LogP contribution in [0.1, 0.15) is 18.1 Å². The van der Waals surface area contributed by atoms with Gasteiger partial charge in [0.25, 0.3) is 0 Å². The van der Waals surface area contributed by atoms with E-state index < -0.39 is 0 Å². The highest BCUT2D eigenvalue weighted by Gasteiger charge is 2.04. The number of rotatable bonds is 7. The van der Waals surface area contributed by atoms with Crippen LogP contribution in [0, 0.1) is 0 Å². The number of methoxy groups -OCH3 is 1. The smallest absolute Gasteiger partial charge is 0.235 e. The Morgan fingerprint density at radius 1 is 1.50 bits per heavy atom. The fourth-order valence-corrected chi connectivity index (χ4v) is 2.13. The van der Waals surface area contributed by atoms with Crippen molar-refractivity contribution < 1.29 is 9.16 Å². The van der Waals surface area contributed by atoms with Crippen LogP contribution in [0.3, 0.4) is 0 Å². The SMILES string of the molecule is C=Cc1cccc(CO[Si]C(C)COC)c1. The Labute approximate surface area is 100 Å². The van der Waals surface area contributed by atoms with Gasteiger partial charge in [0.15, 0.2) is 0 Å². The van der Waals surface area contributed by atoms with Crippen molar-refractivity contribution in [2.24, 2.45) is 0 Å². The lowest BCUT2D eigenvalue weighted by Crippen LogP contribution is -2.10. The second-order valence-electron chi connectivity index (χ2n) is 3.71. The average molecular weight is 234 g/mol. The summed E-state index contributed by atoms with van der Waals surface area (Å²) in [6.07, 6.45) is 1.85. The van der Waals surface area contributed by atoms with Gasteiger partial charge in [-0.25, -0.2) is 0 Å². The number of ether oxygens (including phenoxy) is 1. The summed E-state index contributed by atoms with van der Waals surface area (Å²) in [5, 5.41) is 0. The van der Waals surface area contributed by atoms with Gasteiger partial charge in [-0.1, -0.05) is 37.8 Å². The second kappa shape index (κ2) is 7.38. The third kappa shape index (κ3) is 4.75. The molecule has 0 aromatic heterocycles. The standard InChI is InChI=1S/C13H18O2Si/c1-4-12-6-5-7-13(8-12)10-15-16-11(2)9-14-3/h4-8,11H,1,9-10H2,2-3H3. The number of hydrogen-bond acceptors (Lipinski definition) is 2. The van der Waals surface area contributed by atoms with Crippen LogP contribution >= 0.6 is 0 Å². The first-order chi connectivity index (χ1) is 7.76. The first-order valence-electron chi connectivity index (χ1n) is 5.34. The van der Waals surface area contributed by atoms with Crippen LogP contribution in [0.15, 0.2) is 30.8 Å². The van der Waals surface area contributed by atoms with Crippen molar-refractivity contribution in [2.75, 3.05) is 13.7 Å². The summed E-state index contributed by atoms with van der Waals surface area (Å²) in [4.78, 5) is 0. The minimum Gasteiger partial charge on any atom is -0.413 e. The molecule has 1 aromatic rings. The zero-order valence-electron chi connectivity index (χ0n) is 9.90. The molecule has 0 aliphatic rings. The summed E-state index contributed by atoms with van der Waals surface area (Å²) in [7, 11) is 2.20. The van der Waals surface area contributed by atoms with Crippen molar-refractivity contribution >= 4 is 15.8 Å². The van der Waals surface area contributed by atoms with Gasteiger partial charge in [0, 0.05) is 13.7 Å². The first-order valence-corrected chi connectivity index (χ1v) is 6.32. The van der Waals surface area contributed by atoms with Gasteiger partial charge in [0.2, 0.25) is 9.76 Å². The largest absolute Gasteiger partial charge is 0.413 e. The molecule has 2 nitrogen and oxygen atoms in total. The van der Waals surface area contributed by atoms with E-state index in [1.54, 1.807) is 7.11 Å². The van der Waals surface area contributed by atoms with E-state index >= 15 is 0 Å². The molecular formula is C13H18O2Si. The van der Waals surface area contributed by atoms with Crippen molar-refractivity contribution in [2.45, 2.75) is 19.1 Å². The normalized spacial score (nSPS) is 12.4. The van der Waals surface area contributed by atoms with Crippen LogP contribution in [0.25, 0.3) is 6.08 Å². The first kappa shape index (κ1) is 13.2. The van der Waals surface area contributed by atoms with Gasteiger partial charge in [-0.2, -0.15) is 0 Å². The third-order valence-corrected chi connectivity index (χ3v) is 3.01. The lowest BCUT2D eigenvalue weighted by atomic mass is 10.1. The summed E-state index contributed by atoms with van der Waals surface area (Å²) >= 11 is 0. The fraction of sp³-hybridized carbons (Fsp3) is 0.385. The fourth-order valence-electron chi connectivity index (χ4n) is 1.36. The number of benzene rings is 1. The molecule has 0 heterocycles. The molecule has 2 radical (unpaired) electrons. The molecule has 0 amide bonds. The maximum absolute atomic E-state index is 5.65. The summed E-state index contributed by atoms with van der Waals surface area (Å²) in [6, 6.07) is 8.22. The Morgan fingerprint density at radius 3 is 3.00 bits per heavy atom. The Balaban J connectivity index is 2.33. The Hall–Kier alpha value is -0.903. The van der Waals surface area contributed by atoms with Crippen LogP contribution < -0.4 is 0 Å². The molecule has 1 atom stereocenters. The molecule has 1 aromatic carbocycles. The van der Waals surface area contributed by atoms with Crippen LogP contribution in [0.5, 0.6) is 0 Å². The van der Waals surface area contributed by atoms with Crippen LogP contribution in [-0.4, -0.2) is 23.5 Å². The van der Waals surface area contributed by atoms with E-state index in [1.165, 1.54) is 5.56 Å². The van der Waals surface area contributed by atoms with Crippen LogP contribution in [-0.2, 0) is 15.8 Å². The summed E-state index contributed by atoms with van der Waals surface area (Å²) in [5.41, 5.74) is 2.79. The Bertz CT molecular complexity index is 325. The molecule has 0 saturated heterocycles. The molecule has 16 heavy (non-hydrogen) atoms. The van der Waals surface area contributed by atoms with Gasteiger partial charge in [-0.15, -0.1) is 0 Å². The lowest BCUT2D eigenvalue weighted by Gasteiger charge is -2.09. The molecule has 0 N–H and O–H groups in total. The summed E-state index contributed by atoms with van der Waals surface area (Å²) in [5.74, 6) is 0. The highest BCUT2D eigenvalue weighted by atomic mass is 28.2. The van der Waals surface area contributed by atoms with E-state index in [9.17, 15) is 0 Å². The third-order valence-electron chi connectivity index (χ3n) is 2.13. The van der Waals surface area contributed by atoms with E-state index in [2.05, 4.69) is 25.6 Å². The molecule has 0 spiro atoms. The topological polar surface area (TPSA) is 18.5 Å². The zero-order valence-corrected chi connectivity index (χ0v) is 10.9. The van der Waals surface area contributed by atoms with Gasteiger partial charge < -0.3 is 9.16 Å². The monoisotopic (exact) mass is 234 g/mol.